The van der Waals surface area contributed by atoms with Gasteiger partial charge in [0.15, 0.2) is 0 Å². The van der Waals surface area contributed by atoms with E-state index >= 15 is 0 Å². The Morgan fingerprint density at radius 2 is 1.10 bits per heavy atom. The van der Waals surface area contributed by atoms with Crippen molar-refractivity contribution in [2.45, 2.75) is 53.9 Å². The average Bonchev–Trinajstić information content (AvgIpc) is 2.29. The van der Waals surface area contributed by atoms with E-state index in [-0.39, 0.29) is 12.3 Å². The van der Waals surface area contributed by atoms with Gasteiger partial charge in [-0.2, -0.15) is 0 Å². The van der Waals surface area contributed by atoms with Crippen molar-refractivity contribution in [2.75, 3.05) is 0 Å². The number of carboxylic acids is 4. The van der Waals surface area contributed by atoms with Crippen molar-refractivity contribution < 1.29 is 39.6 Å². The molecule has 4 N–H and O–H groups in total. The van der Waals surface area contributed by atoms with Gasteiger partial charge in [-0.15, -0.1) is 0 Å². The second kappa shape index (κ2) is 20.2. The summed E-state index contributed by atoms with van der Waals surface area (Å²) in [7, 11) is 0. The Morgan fingerprint density at radius 1 is 0.857 bits per heavy atom. The number of hydrogen-bond donors (Lipinski definition) is 4. The van der Waals surface area contributed by atoms with Crippen LogP contribution < -0.4 is 0 Å². The molecule has 0 aliphatic carbocycles. The van der Waals surface area contributed by atoms with Crippen LogP contribution in [0.1, 0.15) is 53.9 Å². The third-order valence-corrected chi connectivity index (χ3v) is 1.26. The molecule has 126 valence electrons. The Bertz CT molecular complexity index is 293. The highest BCUT2D eigenvalue weighted by atomic mass is 16.4. The van der Waals surface area contributed by atoms with E-state index in [0.717, 1.165) is 13.3 Å². The molecule has 0 atom stereocenters. The fourth-order valence-corrected chi connectivity index (χ4v) is 0.214. The van der Waals surface area contributed by atoms with Crippen LogP contribution in [0.5, 0.6) is 0 Å². The minimum atomic E-state index is -0.833. The van der Waals surface area contributed by atoms with Crippen LogP contribution in [0, 0.1) is 5.92 Å². The van der Waals surface area contributed by atoms with Crippen LogP contribution >= 0.6 is 0 Å². The Kier molecular flexibility index (Phi) is 26.2. The minimum Gasteiger partial charge on any atom is -0.481 e. The molecule has 0 fully saturated rings. The predicted octanol–water partition coefficient (Wildman–Crippen LogP) is 2.17. The molecule has 8 heteroatoms. The molecule has 0 heterocycles. The van der Waals surface area contributed by atoms with Crippen LogP contribution in [0.3, 0.4) is 0 Å². The van der Waals surface area contributed by atoms with Crippen molar-refractivity contribution in [3.63, 3.8) is 0 Å². The Balaban J connectivity index is -0.0000000929. The molecule has 0 rings (SSSR count). The second-order valence-corrected chi connectivity index (χ2v) is 3.90. The fraction of sp³-hybridized carbons (Fsp3) is 0.692. The van der Waals surface area contributed by atoms with Crippen molar-refractivity contribution >= 4 is 23.9 Å². The summed E-state index contributed by atoms with van der Waals surface area (Å²) in [6.07, 6.45) is 1.25. The van der Waals surface area contributed by atoms with Crippen LogP contribution in [-0.4, -0.2) is 44.3 Å². The lowest BCUT2D eigenvalue weighted by Gasteiger charge is -1.89. The first-order chi connectivity index (χ1) is 9.41. The lowest BCUT2D eigenvalue weighted by atomic mass is 10.2. The van der Waals surface area contributed by atoms with Gasteiger partial charge in [0.1, 0.15) is 0 Å². The van der Waals surface area contributed by atoms with E-state index in [4.69, 9.17) is 25.2 Å². The molecule has 0 amide bonds. The maximum absolute atomic E-state index is 9.70. The molecule has 21 heavy (non-hydrogen) atoms. The first kappa shape index (κ1) is 27.3. The maximum Gasteiger partial charge on any atom is 0.305 e. The number of carbonyl (C=O) groups is 4. The van der Waals surface area contributed by atoms with Crippen LogP contribution in [0.2, 0.25) is 0 Å². The Hall–Kier alpha value is -2.12. The van der Waals surface area contributed by atoms with E-state index in [1.54, 1.807) is 20.8 Å². The topological polar surface area (TPSA) is 149 Å². The third kappa shape index (κ3) is 95.3. The molecule has 0 spiro atoms. The van der Waals surface area contributed by atoms with Gasteiger partial charge in [-0.05, 0) is 6.42 Å². The SMILES string of the molecule is CC(=O)O.CC(C)C(=O)O.CCC(=O)O.CCCC(=O)O. The summed E-state index contributed by atoms with van der Waals surface area (Å²) in [5, 5.41) is 31.0. The Morgan fingerprint density at radius 3 is 1.10 bits per heavy atom. The van der Waals surface area contributed by atoms with Crippen molar-refractivity contribution in [3.8, 4) is 0 Å². The summed E-state index contributed by atoms with van der Waals surface area (Å²) in [4.78, 5) is 37.7. The molecule has 0 unspecified atom stereocenters. The number of rotatable bonds is 4. The van der Waals surface area contributed by atoms with E-state index < -0.39 is 23.9 Å². The smallest absolute Gasteiger partial charge is 0.305 e. The molecule has 0 saturated carbocycles. The van der Waals surface area contributed by atoms with E-state index in [1.807, 2.05) is 6.92 Å². The third-order valence-electron chi connectivity index (χ3n) is 1.26. The van der Waals surface area contributed by atoms with Crippen LogP contribution in [0.15, 0.2) is 0 Å². The van der Waals surface area contributed by atoms with Crippen molar-refractivity contribution in [2.24, 2.45) is 5.92 Å². The summed E-state index contributed by atoms with van der Waals surface area (Å²) in [5.74, 6) is -3.26. The van der Waals surface area contributed by atoms with Gasteiger partial charge in [0.2, 0.25) is 0 Å². The van der Waals surface area contributed by atoms with Crippen LogP contribution in [0.4, 0.5) is 0 Å². The van der Waals surface area contributed by atoms with Gasteiger partial charge in [0, 0.05) is 19.8 Å². The van der Waals surface area contributed by atoms with Crippen LogP contribution in [0.25, 0.3) is 0 Å². The van der Waals surface area contributed by atoms with E-state index in [2.05, 4.69) is 0 Å². The molecule has 0 saturated heterocycles. The van der Waals surface area contributed by atoms with E-state index in [0.29, 0.717) is 6.42 Å². The lowest BCUT2D eigenvalue weighted by molar-refractivity contribution is -0.140. The highest BCUT2D eigenvalue weighted by molar-refractivity contribution is 5.68. The molecular formula is C13H26O8. The molecule has 0 aliphatic heterocycles. The highest BCUT2D eigenvalue weighted by Gasteiger charge is 1.99. The normalized spacial score (nSPS) is 7.90. The zero-order chi connectivity index (χ0) is 18.0. The average molecular weight is 310 g/mol. The molecule has 0 aromatic heterocycles. The number of carboxylic acid groups (broad SMARTS) is 4. The predicted molar refractivity (Wildman–Crippen MR) is 76.3 cm³/mol. The summed E-state index contributed by atoms with van der Waals surface area (Å²) >= 11 is 0. The molecule has 0 aromatic rings. The van der Waals surface area contributed by atoms with Gasteiger partial charge in [0.05, 0.1) is 5.92 Å². The van der Waals surface area contributed by atoms with Gasteiger partial charge in [-0.1, -0.05) is 27.7 Å². The summed E-state index contributed by atoms with van der Waals surface area (Å²) in [6.45, 7) is 7.81. The largest absolute Gasteiger partial charge is 0.481 e. The molecule has 8 nitrogen and oxygen atoms in total. The monoisotopic (exact) mass is 310 g/mol. The van der Waals surface area contributed by atoms with E-state index in [9.17, 15) is 14.4 Å². The van der Waals surface area contributed by atoms with E-state index in [1.165, 1.54) is 0 Å². The molecule has 0 bridgehead atoms. The first-order valence-corrected chi connectivity index (χ1v) is 6.28. The molecule has 0 radical (unpaired) electrons. The minimum absolute atomic E-state index is 0.222. The maximum atomic E-state index is 9.70. The van der Waals surface area contributed by atoms with Gasteiger partial charge < -0.3 is 20.4 Å². The summed E-state index contributed by atoms with van der Waals surface area (Å²) < 4.78 is 0. The molecule has 0 aromatic carbocycles. The highest BCUT2D eigenvalue weighted by Crippen LogP contribution is 1.87. The van der Waals surface area contributed by atoms with Gasteiger partial charge in [0.25, 0.3) is 5.97 Å². The summed E-state index contributed by atoms with van der Waals surface area (Å²) in [6, 6.07) is 0. The number of aliphatic carboxylic acids is 4. The zero-order valence-corrected chi connectivity index (χ0v) is 13.1. The van der Waals surface area contributed by atoms with Crippen molar-refractivity contribution in [1.29, 1.82) is 0 Å². The van der Waals surface area contributed by atoms with Crippen molar-refractivity contribution in [3.05, 3.63) is 0 Å². The van der Waals surface area contributed by atoms with Crippen molar-refractivity contribution in [1.82, 2.24) is 0 Å². The fourth-order valence-electron chi connectivity index (χ4n) is 0.214. The quantitative estimate of drug-likeness (QED) is 0.617. The van der Waals surface area contributed by atoms with Crippen LogP contribution in [-0.2, 0) is 19.2 Å². The van der Waals surface area contributed by atoms with Gasteiger partial charge in [-0.25, -0.2) is 0 Å². The standard InChI is InChI=1S/2C4H8O2.C3H6O2.C2H4O2/c1-3(2)4(5)6;1-2-3-4(5)6;1-2-3(4)5;1-2(3)4/h3H,1-2H3,(H,5,6);2-3H2,1H3,(H,5,6);2H2,1H3,(H,4,5);1H3,(H,3,4). The molecular weight excluding hydrogens is 284 g/mol. The summed E-state index contributed by atoms with van der Waals surface area (Å²) in [5.41, 5.74) is 0. The molecule has 0 aliphatic rings. The first-order valence-electron chi connectivity index (χ1n) is 6.28. The lowest BCUT2D eigenvalue weighted by Crippen LogP contribution is -2.03. The number of hydrogen-bond acceptors (Lipinski definition) is 4. The second-order valence-electron chi connectivity index (χ2n) is 3.90. The van der Waals surface area contributed by atoms with Gasteiger partial charge >= 0.3 is 17.9 Å². The van der Waals surface area contributed by atoms with Gasteiger partial charge in [-0.3, -0.25) is 19.2 Å². The zero-order valence-electron chi connectivity index (χ0n) is 13.1. The Labute approximate surface area is 124 Å².